The lowest BCUT2D eigenvalue weighted by molar-refractivity contribution is 0.158. The second-order valence-electron chi connectivity index (χ2n) is 6.67. The van der Waals surface area contributed by atoms with Crippen molar-refractivity contribution < 1.29 is 4.79 Å². The first-order valence-electron chi connectivity index (χ1n) is 7.43. The fourth-order valence-electron chi connectivity index (χ4n) is 3.18. The van der Waals surface area contributed by atoms with E-state index in [9.17, 15) is 4.79 Å². The van der Waals surface area contributed by atoms with Gasteiger partial charge in [0.05, 0.1) is 0 Å². The topological polar surface area (TPSA) is 47.6 Å². The van der Waals surface area contributed by atoms with Gasteiger partial charge in [0.15, 0.2) is 0 Å². The second kappa shape index (κ2) is 5.67. The van der Waals surface area contributed by atoms with Crippen molar-refractivity contribution in [1.29, 1.82) is 0 Å². The molecule has 2 rings (SSSR count). The van der Waals surface area contributed by atoms with Crippen molar-refractivity contribution >= 4 is 6.03 Å². The van der Waals surface area contributed by atoms with Crippen LogP contribution >= 0.6 is 0 Å². The molecule has 0 aromatic heterocycles. The predicted molar refractivity (Wildman–Crippen MR) is 77.3 cm³/mol. The van der Waals surface area contributed by atoms with E-state index in [0.717, 1.165) is 39.1 Å². The van der Waals surface area contributed by atoms with Crippen LogP contribution in [-0.4, -0.2) is 66.2 Å². The molecule has 5 heteroatoms. The van der Waals surface area contributed by atoms with E-state index in [1.807, 2.05) is 18.7 Å². The summed E-state index contributed by atoms with van der Waals surface area (Å²) >= 11 is 0. The molecule has 2 heterocycles. The molecule has 110 valence electrons. The highest BCUT2D eigenvalue weighted by Crippen LogP contribution is 2.31. The first-order chi connectivity index (χ1) is 8.90. The van der Waals surface area contributed by atoms with E-state index in [0.29, 0.717) is 6.04 Å². The van der Waals surface area contributed by atoms with E-state index in [4.69, 9.17) is 0 Å². The predicted octanol–water partition coefficient (Wildman–Crippen LogP) is 0.863. The molecule has 2 fully saturated rings. The van der Waals surface area contributed by atoms with Gasteiger partial charge in [0.1, 0.15) is 0 Å². The summed E-state index contributed by atoms with van der Waals surface area (Å²) in [5.41, 5.74) is -0.0471. The van der Waals surface area contributed by atoms with Gasteiger partial charge in [0.25, 0.3) is 0 Å². The lowest BCUT2D eigenvalue weighted by atomic mass is 9.99. The molecule has 0 aromatic rings. The first-order valence-corrected chi connectivity index (χ1v) is 7.43. The van der Waals surface area contributed by atoms with Crippen molar-refractivity contribution in [3.63, 3.8) is 0 Å². The van der Waals surface area contributed by atoms with E-state index < -0.39 is 0 Å². The first kappa shape index (κ1) is 14.6. The zero-order valence-corrected chi connectivity index (χ0v) is 12.7. The Kier molecular flexibility index (Phi) is 4.36. The summed E-state index contributed by atoms with van der Waals surface area (Å²) in [5.74, 6) is 0. The van der Waals surface area contributed by atoms with Crippen LogP contribution in [0.1, 0.15) is 34.1 Å². The van der Waals surface area contributed by atoms with Gasteiger partial charge in [-0.3, -0.25) is 4.90 Å². The third-order valence-corrected chi connectivity index (χ3v) is 4.18. The molecular weight excluding hydrogens is 240 g/mol. The Hall–Kier alpha value is -0.810. The number of rotatable bonds is 2. The quantitative estimate of drug-likeness (QED) is 0.781. The number of amides is 2. The molecule has 0 saturated carbocycles. The Bertz CT molecular complexity index is 323. The highest BCUT2D eigenvalue weighted by atomic mass is 16.2. The molecule has 0 spiro atoms. The number of urea groups is 1. The van der Waals surface area contributed by atoms with Gasteiger partial charge in [0, 0.05) is 50.3 Å². The summed E-state index contributed by atoms with van der Waals surface area (Å²) in [6.45, 7) is 13.5. The summed E-state index contributed by atoms with van der Waals surface area (Å²) in [7, 11) is 0. The molecule has 2 amide bonds. The van der Waals surface area contributed by atoms with Gasteiger partial charge in [-0.2, -0.15) is 0 Å². The van der Waals surface area contributed by atoms with Gasteiger partial charge < -0.3 is 15.5 Å². The Morgan fingerprint density at radius 1 is 1.32 bits per heavy atom. The fourth-order valence-corrected chi connectivity index (χ4v) is 3.18. The largest absolute Gasteiger partial charge is 0.336 e. The number of nitrogens with zero attached hydrogens (tertiary/aromatic N) is 2. The van der Waals surface area contributed by atoms with Crippen LogP contribution in [-0.2, 0) is 0 Å². The third-order valence-electron chi connectivity index (χ3n) is 4.18. The van der Waals surface area contributed by atoms with Crippen molar-refractivity contribution in [2.24, 2.45) is 0 Å². The second-order valence-corrected chi connectivity index (χ2v) is 6.67. The van der Waals surface area contributed by atoms with Gasteiger partial charge in [0.2, 0.25) is 0 Å². The van der Waals surface area contributed by atoms with Crippen molar-refractivity contribution in [3.05, 3.63) is 0 Å². The van der Waals surface area contributed by atoms with Gasteiger partial charge in [-0.1, -0.05) is 0 Å². The smallest absolute Gasteiger partial charge is 0.318 e. The number of likely N-dealkylation sites (tertiary alicyclic amines) is 1. The highest BCUT2D eigenvalue weighted by molar-refractivity contribution is 5.75. The van der Waals surface area contributed by atoms with E-state index >= 15 is 0 Å². The summed E-state index contributed by atoms with van der Waals surface area (Å²) in [5, 5.41) is 6.40. The van der Waals surface area contributed by atoms with Gasteiger partial charge in [-0.25, -0.2) is 4.79 Å². The SMILES string of the molecule is CC(C)NC(=O)N1CC(N2CCNCC2)CC1(C)C. The zero-order valence-electron chi connectivity index (χ0n) is 12.7. The average molecular weight is 268 g/mol. The zero-order chi connectivity index (χ0) is 14.0. The van der Waals surface area contributed by atoms with Crippen LogP contribution in [0.4, 0.5) is 4.79 Å². The van der Waals surface area contributed by atoms with Crippen molar-refractivity contribution in [1.82, 2.24) is 20.4 Å². The third kappa shape index (κ3) is 3.39. The van der Waals surface area contributed by atoms with Crippen LogP contribution < -0.4 is 10.6 Å². The maximum absolute atomic E-state index is 12.3. The van der Waals surface area contributed by atoms with Crippen molar-refractivity contribution in [3.8, 4) is 0 Å². The molecule has 1 atom stereocenters. The molecule has 2 N–H and O–H groups in total. The molecule has 2 aliphatic rings. The summed E-state index contributed by atoms with van der Waals surface area (Å²) < 4.78 is 0. The Morgan fingerprint density at radius 2 is 1.95 bits per heavy atom. The minimum absolute atomic E-state index is 0.0471. The van der Waals surface area contributed by atoms with E-state index in [-0.39, 0.29) is 17.6 Å². The minimum atomic E-state index is -0.0471. The summed E-state index contributed by atoms with van der Waals surface area (Å²) in [4.78, 5) is 16.8. The van der Waals surface area contributed by atoms with E-state index in [2.05, 4.69) is 29.4 Å². The molecule has 2 aliphatic heterocycles. The van der Waals surface area contributed by atoms with E-state index in [1.54, 1.807) is 0 Å². The molecular formula is C14H28N4O. The standard InChI is InChI=1S/C14H28N4O/c1-11(2)16-13(19)18-10-12(9-14(18,3)4)17-7-5-15-6-8-17/h11-12,15H,5-10H2,1-4H3,(H,16,19). The molecule has 0 aliphatic carbocycles. The Morgan fingerprint density at radius 3 is 2.53 bits per heavy atom. The summed E-state index contributed by atoms with van der Waals surface area (Å²) in [6.07, 6.45) is 1.07. The lowest BCUT2D eigenvalue weighted by Crippen LogP contribution is -2.51. The molecule has 0 bridgehead atoms. The Labute approximate surface area is 116 Å². The van der Waals surface area contributed by atoms with Crippen LogP contribution in [0.5, 0.6) is 0 Å². The Balaban J connectivity index is 1.99. The van der Waals surface area contributed by atoms with Crippen LogP contribution in [0, 0.1) is 0 Å². The number of carbonyl (C=O) groups excluding carboxylic acids is 1. The normalized spacial score (nSPS) is 27.8. The number of hydrogen-bond acceptors (Lipinski definition) is 3. The number of piperazine rings is 1. The number of hydrogen-bond donors (Lipinski definition) is 2. The molecule has 0 radical (unpaired) electrons. The van der Waals surface area contributed by atoms with Crippen LogP contribution in [0.15, 0.2) is 0 Å². The van der Waals surface area contributed by atoms with Crippen LogP contribution in [0.25, 0.3) is 0 Å². The van der Waals surface area contributed by atoms with Gasteiger partial charge in [-0.05, 0) is 34.1 Å². The van der Waals surface area contributed by atoms with Gasteiger partial charge >= 0.3 is 6.03 Å². The average Bonchev–Trinajstić information content (AvgIpc) is 2.65. The number of nitrogens with one attached hydrogen (secondary N) is 2. The lowest BCUT2D eigenvalue weighted by Gasteiger charge is -2.32. The molecule has 5 nitrogen and oxygen atoms in total. The maximum atomic E-state index is 12.3. The molecule has 2 saturated heterocycles. The molecule has 1 unspecified atom stereocenters. The van der Waals surface area contributed by atoms with Crippen LogP contribution in [0.2, 0.25) is 0 Å². The van der Waals surface area contributed by atoms with Crippen LogP contribution in [0.3, 0.4) is 0 Å². The van der Waals surface area contributed by atoms with Crippen molar-refractivity contribution in [2.45, 2.75) is 51.7 Å². The monoisotopic (exact) mass is 268 g/mol. The highest BCUT2D eigenvalue weighted by Gasteiger charge is 2.43. The minimum Gasteiger partial charge on any atom is -0.336 e. The number of carbonyl (C=O) groups is 1. The molecule has 19 heavy (non-hydrogen) atoms. The summed E-state index contributed by atoms with van der Waals surface area (Å²) in [6, 6.07) is 0.786. The van der Waals surface area contributed by atoms with Crippen molar-refractivity contribution in [2.75, 3.05) is 32.7 Å². The van der Waals surface area contributed by atoms with Gasteiger partial charge in [-0.15, -0.1) is 0 Å². The molecule has 0 aromatic carbocycles. The fraction of sp³-hybridized carbons (Fsp3) is 0.929. The van der Waals surface area contributed by atoms with E-state index in [1.165, 1.54) is 0 Å². The maximum Gasteiger partial charge on any atom is 0.318 e.